The van der Waals surface area contributed by atoms with Gasteiger partial charge in [-0.1, -0.05) is 19.3 Å². The summed E-state index contributed by atoms with van der Waals surface area (Å²) in [7, 11) is 0. The number of hydrogen-bond donors (Lipinski definition) is 0. The van der Waals surface area contributed by atoms with Crippen molar-refractivity contribution in [1.82, 2.24) is 0 Å². The molecule has 0 radical (unpaired) electrons. The van der Waals surface area contributed by atoms with Gasteiger partial charge in [0.1, 0.15) is 0 Å². The van der Waals surface area contributed by atoms with Crippen molar-refractivity contribution in [2.24, 2.45) is 11.8 Å². The molecule has 2 nitrogen and oxygen atoms in total. The van der Waals surface area contributed by atoms with Crippen molar-refractivity contribution in [2.45, 2.75) is 51.4 Å². The lowest BCUT2D eigenvalue weighted by molar-refractivity contribution is -0.118. The summed E-state index contributed by atoms with van der Waals surface area (Å²) in [6.45, 7) is 0.752. The molecule has 1 saturated carbocycles. The van der Waals surface area contributed by atoms with Crippen LogP contribution in [0.3, 0.4) is 0 Å². The zero-order valence-electron chi connectivity index (χ0n) is 9.84. The molecular weight excluding hydrogens is 200 g/mol. The fourth-order valence-electron chi connectivity index (χ4n) is 3.66. The molecule has 0 spiro atoms. The van der Waals surface area contributed by atoms with Gasteiger partial charge in [-0.15, -0.1) is 0 Å². The van der Waals surface area contributed by atoms with Crippen molar-refractivity contribution in [1.29, 1.82) is 0 Å². The third-order valence-electron chi connectivity index (χ3n) is 4.45. The van der Waals surface area contributed by atoms with Crippen LogP contribution in [0, 0.1) is 11.8 Å². The van der Waals surface area contributed by atoms with E-state index in [9.17, 15) is 4.79 Å². The molecule has 3 aliphatic rings. The van der Waals surface area contributed by atoms with E-state index in [0.717, 1.165) is 37.5 Å². The van der Waals surface area contributed by atoms with Crippen molar-refractivity contribution in [3.8, 4) is 0 Å². The zero-order chi connectivity index (χ0) is 11.0. The average molecular weight is 220 g/mol. The van der Waals surface area contributed by atoms with Gasteiger partial charge >= 0.3 is 0 Å². The van der Waals surface area contributed by atoms with Crippen LogP contribution in [0.5, 0.6) is 0 Å². The smallest absolute Gasteiger partial charge is 0.197 e. The Morgan fingerprint density at radius 3 is 2.69 bits per heavy atom. The molecule has 0 aromatic carbocycles. The number of Topliss-reactive ketones (excluding diaryl/α,β-unsaturated/α-hetero) is 1. The van der Waals surface area contributed by atoms with Gasteiger partial charge in [0.2, 0.25) is 0 Å². The molecule has 3 rings (SSSR count). The number of ketones is 1. The molecule has 88 valence electrons. The summed E-state index contributed by atoms with van der Waals surface area (Å²) < 4.78 is 5.57. The maximum absolute atomic E-state index is 11.9. The first kappa shape index (κ1) is 10.4. The minimum absolute atomic E-state index is 0.283. The molecule has 0 saturated heterocycles. The van der Waals surface area contributed by atoms with E-state index in [1.165, 1.54) is 37.7 Å². The van der Waals surface area contributed by atoms with Crippen LogP contribution in [0.1, 0.15) is 51.4 Å². The number of carbonyl (C=O) groups is 1. The molecule has 1 aliphatic heterocycles. The van der Waals surface area contributed by atoms with Crippen molar-refractivity contribution in [3.63, 3.8) is 0 Å². The highest BCUT2D eigenvalue weighted by Gasteiger charge is 2.39. The summed E-state index contributed by atoms with van der Waals surface area (Å²) in [5.74, 6) is 2.36. The highest BCUT2D eigenvalue weighted by Crippen LogP contribution is 2.44. The summed E-state index contributed by atoms with van der Waals surface area (Å²) >= 11 is 0. The predicted molar refractivity (Wildman–Crippen MR) is 61.9 cm³/mol. The van der Waals surface area contributed by atoms with Gasteiger partial charge in [0.05, 0.1) is 6.61 Å². The fourth-order valence-corrected chi connectivity index (χ4v) is 3.66. The summed E-state index contributed by atoms with van der Waals surface area (Å²) in [4.78, 5) is 11.9. The summed E-state index contributed by atoms with van der Waals surface area (Å²) in [6, 6.07) is 0. The average Bonchev–Trinajstić information content (AvgIpc) is 2.69. The third kappa shape index (κ3) is 1.68. The Hall–Kier alpha value is -0.790. The number of hydrogen-bond acceptors (Lipinski definition) is 2. The van der Waals surface area contributed by atoms with Gasteiger partial charge < -0.3 is 4.74 Å². The SMILES string of the molecule is O=C1C[C@H](C2CCCCC2)C2=C1OCCC2. The van der Waals surface area contributed by atoms with Crippen LogP contribution in [-0.4, -0.2) is 12.4 Å². The van der Waals surface area contributed by atoms with E-state index >= 15 is 0 Å². The fraction of sp³-hybridized carbons (Fsp3) is 0.786. The minimum Gasteiger partial charge on any atom is -0.490 e. The van der Waals surface area contributed by atoms with Gasteiger partial charge in [-0.3, -0.25) is 4.79 Å². The van der Waals surface area contributed by atoms with Crippen LogP contribution in [0.25, 0.3) is 0 Å². The number of carbonyl (C=O) groups excluding carboxylic acids is 1. The van der Waals surface area contributed by atoms with Gasteiger partial charge in [0.15, 0.2) is 11.5 Å². The molecule has 0 N–H and O–H groups in total. The second-order valence-electron chi connectivity index (χ2n) is 5.44. The number of rotatable bonds is 1. The lowest BCUT2D eigenvalue weighted by Crippen LogP contribution is -2.19. The summed E-state index contributed by atoms with van der Waals surface area (Å²) in [6.07, 6.45) is 9.73. The van der Waals surface area contributed by atoms with E-state index in [-0.39, 0.29) is 5.78 Å². The molecule has 1 heterocycles. The highest BCUT2D eigenvalue weighted by molar-refractivity contribution is 5.97. The van der Waals surface area contributed by atoms with E-state index in [4.69, 9.17) is 4.74 Å². The Kier molecular flexibility index (Phi) is 2.74. The molecule has 1 atom stereocenters. The van der Waals surface area contributed by atoms with E-state index in [1.807, 2.05) is 0 Å². The molecule has 2 aliphatic carbocycles. The third-order valence-corrected chi connectivity index (χ3v) is 4.45. The van der Waals surface area contributed by atoms with Gasteiger partial charge in [-0.25, -0.2) is 0 Å². The normalized spacial score (nSPS) is 31.5. The van der Waals surface area contributed by atoms with Crippen LogP contribution < -0.4 is 0 Å². The Balaban J connectivity index is 1.80. The Labute approximate surface area is 97.1 Å². The van der Waals surface area contributed by atoms with Gasteiger partial charge in [-0.2, -0.15) is 0 Å². The monoisotopic (exact) mass is 220 g/mol. The second-order valence-corrected chi connectivity index (χ2v) is 5.44. The molecule has 2 heteroatoms. The quantitative estimate of drug-likeness (QED) is 0.678. The zero-order valence-corrected chi connectivity index (χ0v) is 9.84. The highest BCUT2D eigenvalue weighted by atomic mass is 16.5. The Morgan fingerprint density at radius 1 is 1.06 bits per heavy atom. The largest absolute Gasteiger partial charge is 0.490 e. The Morgan fingerprint density at radius 2 is 1.88 bits per heavy atom. The van der Waals surface area contributed by atoms with Crippen molar-refractivity contribution >= 4 is 5.78 Å². The number of allylic oxidation sites excluding steroid dienone is 2. The minimum atomic E-state index is 0.283. The molecule has 16 heavy (non-hydrogen) atoms. The van der Waals surface area contributed by atoms with E-state index in [0.29, 0.717) is 5.92 Å². The van der Waals surface area contributed by atoms with E-state index in [2.05, 4.69) is 0 Å². The summed E-state index contributed by atoms with van der Waals surface area (Å²) in [5.41, 5.74) is 1.38. The maximum Gasteiger partial charge on any atom is 0.197 e. The first-order valence-corrected chi connectivity index (χ1v) is 6.75. The van der Waals surface area contributed by atoms with Crippen LogP contribution in [-0.2, 0) is 9.53 Å². The second kappa shape index (κ2) is 4.23. The number of ether oxygens (including phenoxy) is 1. The molecule has 0 aromatic heterocycles. The lowest BCUT2D eigenvalue weighted by atomic mass is 9.76. The first-order valence-electron chi connectivity index (χ1n) is 6.75. The van der Waals surface area contributed by atoms with Crippen molar-refractivity contribution in [3.05, 3.63) is 11.3 Å². The van der Waals surface area contributed by atoms with Gasteiger partial charge in [0.25, 0.3) is 0 Å². The van der Waals surface area contributed by atoms with E-state index < -0.39 is 0 Å². The molecule has 0 amide bonds. The molecular formula is C14H20O2. The Bertz CT molecular complexity index is 324. The van der Waals surface area contributed by atoms with Crippen LogP contribution in [0.2, 0.25) is 0 Å². The van der Waals surface area contributed by atoms with Crippen LogP contribution in [0.15, 0.2) is 11.3 Å². The molecule has 0 aromatic rings. The molecule has 0 unspecified atom stereocenters. The van der Waals surface area contributed by atoms with Crippen LogP contribution >= 0.6 is 0 Å². The lowest BCUT2D eigenvalue weighted by Gasteiger charge is -2.29. The van der Waals surface area contributed by atoms with Crippen LogP contribution in [0.4, 0.5) is 0 Å². The maximum atomic E-state index is 11.9. The van der Waals surface area contributed by atoms with Gasteiger partial charge in [0, 0.05) is 6.42 Å². The van der Waals surface area contributed by atoms with E-state index in [1.54, 1.807) is 0 Å². The first-order chi connectivity index (χ1) is 7.86. The summed E-state index contributed by atoms with van der Waals surface area (Å²) in [5, 5.41) is 0. The topological polar surface area (TPSA) is 26.3 Å². The predicted octanol–water partition coefficient (Wildman–Crippen LogP) is 3.22. The van der Waals surface area contributed by atoms with Gasteiger partial charge in [-0.05, 0) is 43.1 Å². The van der Waals surface area contributed by atoms with Crippen molar-refractivity contribution < 1.29 is 9.53 Å². The standard InChI is InChI=1S/C14H20O2/c15-13-9-12(10-5-2-1-3-6-10)11-7-4-8-16-14(11)13/h10,12H,1-9H2/t12-/m1/s1. The van der Waals surface area contributed by atoms with Crippen molar-refractivity contribution in [2.75, 3.05) is 6.61 Å². The molecule has 1 fully saturated rings. The molecule has 0 bridgehead atoms.